The zero-order valence-corrected chi connectivity index (χ0v) is 12.6. The van der Waals surface area contributed by atoms with Gasteiger partial charge in [-0.2, -0.15) is 13.2 Å². The predicted molar refractivity (Wildman–Crippen MR) is 77.0 cm³/mol. The number of aliphatic carboxylic acids is 1. The van der Waals surface area contributed by atoms with Crippen molar-refractivity contribution in [3.8, 4) is 11.3 Å². The monoisotopic (exact) mass is 327 g/mol. The van der Waals surface area contributed by atoms with Gasteiger partial charge in [0.05, 0.1) is 12.0 Å². The zero-order chi connectivity index (χ0) is 17.2. The maximum absolute atomic E-state index is 13.0. The lowest BCUT2D eigenvalue weighted by atomic mass is 9.96. The van der Waals surface area contributed by atoms with E-state index in [0.29, 0.717) is 11.1 Å². The minimum absolute atomic E-state index is 0.0746. The van der Waals surface area contributed by atoms with Crippen LogP contribution in [-0.4, -0.2) is 16.1 Å². The highest BCUT2D eigenvalue weighted by molar-refractivity contribution is 5.67. The molecule has 0 saturated heterocycles. The number of aryl methyl sites for hydroxylation is 1. The number of carboxylic acids is 1. The first-order chi connectivity index (χ1) is 10.7. The molecule has 0 fully saturated rings. The summed E-state index contributed by atoms with van der Waals surface area (Å²) >= 11 is 0. The number of rotatable bonds is 5. The lowest BCUT2D eigenvalue weighted by Crippen LogP contribution is -2.06. The predicted octanol–water partition coefficient (Wildman–Crippen LogP) is 4.50. The maximum Gasteiger partial charge on any atom is 0.416 e. The van der Waals surface area contributed by atoms with Gasteiger partial charge in [0.2, 0.25) is 0 Å². The van der Waals surface area contributed by atoms with Gasteiger partial charge in [-0.3, -0.25) is 4.79 Å². The SMILES string of the molecule is CC(C)c1cc(-c2coc(CCC(=O)O)n2)cc(C(F)(F)F)c1. The van der Waals surface area contributed by atoms with E-state index in [2.05, 4.69) is 4.98 Å². The van der Waals surface area contributed by atoms with Crippen LogP contribution in [0.5, 0.6) is 0 Å². The molecule has 0 amide bonds. The number of carboxylic acid groups (broad SMARTS) is 1. The van der Waals surface area contributed by atoms with Crippen molar-refractivity contribution in [2.24, 2.45) is 0 Å². The number of alkyl halides is 3. The Labute approximate surface area is 131 Å². The van der Waals surface area contributed by atoms with Gasteiger partial charge >= 0.3 is 12.1 Å². The molecule has 1 aromatic carbocycles. The molecule has 0 aliphatic carbocycles. The van der Waals surface area contributed by atoms with Gasteiger partial charge in [0, 0.05) is 12.0 Å². The maximum atomic E-state index is 13.0. The average Bonchev–Trinajstić information content (AvgIpc) is 2.92. The summed E-state index contributed by atoms with van der Waals surface area (Å²) in [7, 11) is 0. The summed E-state index contributed by atoms with van der Waals surface area (Å²) in [6.45, 7) is 3.61. The Bertz CT molecular complexity index is 705. The molecule has 1 N–H and O–H groups in total. The first-order valence-electron chi connectivity index (χ1n) is 7.05. The van der Waals surface area contributed by atoms with Crippen LogP contribution < -0.4 is 0 Å². The number of aromatic nitrogens is 1. The number of nitrogens with zero attached hydrogens (tertiary/aromatic N) is 1. The quantitative estimate of drug-likeness (QED) is 0.878. The summed E-state index contributed by atoms with van der Waals surface area (Å²) in [6, 6.07) is 3.78. The third kappa shape index (κ3) is 4.34. The number of hydrogen-bond donors (Lipinski definition) is 1. The molecule has 124 valence electrons. The molecule has 0 bridgehead atoms. The molecule has 0 saturated carbocycles. The van der Waals surface area contributed by atoms with Gasteiger partial charge in [0.1, 0.15) is 12.0 Å². The Morgan fingerprint density at radius 1 is 1.30 bits per heavy atom. The fourth-order valence-corrected chi connectivity index (χ4v) is 2.07. The van der Waals surface area contributed by atoms with Gasteiger partial charge < -0.3 is 9.52 Å². The lowest BCUT2D eigenvalue weighted by Gasteiger charge is -2.13. The summed E-state index contributed by atoms with van der Waals surface area (Å²) in [5.41, 5.74) is 0.367. The summed E-state index contributed by atoms with van der Waals surface area (Å²) < 4.78 is 44.2. The molecular formula is C16H16F3NO3. The fourth-order valence-electron chi connectivity index (χ4n) is 2.07. The van der Waals surface area contributed by atoms with Crippen molar-refractivity contribution in [1.29, 1.82) is 0 Å². The second kappa shape index (κ2) is 6.44. The van der Waals surface area contributed by atoms with Crippen LogP contribution in [0, 0.1) is 0 Å². The van der Waals surface area contributed by atoms with E-state index in [9.17, 15) is 18.0 Å². The largest absolute Gasteiger partial charge is 0.481 e. The highest BCUT2D eigenvalue weighted by Crippen LogP contribution is 2.35. The van der Waals surface area contributed by atoms with E-state index in [4.69, 9.17) is 9.52 Å². The Balaban J connectivity index is 2.38. The van der Waals surface area contributed by atoms with E-state index in [0.717, 1.165) is 12.1 Å². The number of oxazole rings is 1. The highest BCUT2D eigenvalue weighted by Gasteiger charge is 2.31. The number of carbonyl (C=O) groups is 1. The van der Waals surface area contributed by atoms with Crippen LogP contribution in [0.3, 0.4) is 0 Å². The lowest BCUT2D eigenvalue weighted by molar-refractivity contribution is -0.138. The Hall–Kier alpha value is -2.31. The number of hydrogen-bond acceptors (Lipinski definition) is 3. The van der Waals surface area contributed by atoms with E-state index >= 15 is 0 Å². The molecule has 2 rings (SSSR count). The standard InChI is InChI=1S/C16H16F3NO3/c1-9(2)10-5-11(7-12(6-10)16(17,18)19)13-8-23-14(20-13)3-4-15(21)22/h5-9H,3-4H2,1-2H3,(H,21,22). The third-order valence-electron chi connectivity index (χ3n) is 3.35. The molecule has 1 aromatic heterocycles. The second-order valence-corrected chi connectivity index (χ2v) is 5.52. The van der Waals surface area contributed by atoms with Crippen molar-refractivity contribution in [3.63, 3.8) is 0 Å². The van der Waals surface area contributed by atoms with Crippen molar-refractivity contribution in [2.75, 3.05) is 0 Å². The van der Waals surface area contributed by atoms with Crippen LogP contribution in [0.25, 0.3) is 11.3 Å². The van der Waals surface area contributed by atoms with Crippen molar-refractivity contribution < 1.29 is 27.5 Å². The van der Waals surface area contributed by atoms with Gasteiger partial charge in [0.25, 0.3) is 0 Å². The number of benzene rings is 1. The Morgan fingerprint density at radius 2 is 2.00 bits per heavy atom. The fraction of sp³-hybridized carbons (Fsp3) is 0.375. The van der Waals surface area contributed by atoms with E-state index in [1.807, 2.05) is 0 Å². The van der Waals surface area contributed by atoms with Crippen LogP contribution in [0.2, 0.25) is 0 Å². The highest BCUT2D eigenvalue weighted by atomic mass is 19.4. The molecule has 0 aliphatic heterocycles. The molecule has 0 unspecified atom stereocenters. The average molecular weight is 327 g/mol. The van der Waals surface area contributed by atoms with Gasteiger partial charge in [-0.05, 0) is 29.7 Å². The van der Waals surface area contributed by atoms with Crippen LogP contribution in [0.1, 0.15) is 43.2 Å². The minimum Gasteiger partial charge on any atom is -0.481 e. The number of halogens is 3. The molecule has 4 nitrogen and oxygen atoms in total. The van der Waals surface area contributed by atoms with Gasteiger partial charge in [-0.25, -0.2) is 4.98 Å². The third-order valence-corrected chi connectivity index (χ3v) is 3.35. The van der Waals surface area contributed by atoms with E-state index in [1.54, 1.807) is 19.9 Å². The van der Waals surface area contributed by atoms with Gasteiger partial charge in [-0.1, -0.05) is 13.8 Å². The summed E-state index contributed by atoms with van der Waals surface area (Å²) in [5, 5.41) is 8.63. The topological polar surface area (TPSA) is 63.3 Å². The van der Waals surface area contributed by atoms with E-state index in [1.165, 1.54) is 6.26 Å². The summed E-state index contributed by atoms with van der Waals surface area (Å²) in [5.74, 6) is -0.883. The molecule has 0 spiro atoms. The summed E-state index contributed by atoms with van der Waals surface area (Å²) in [6.07, 6.45) is -3.27. The molecule has 0 atom stereocenters. The zero-order valence-electron chi connectivity index (χ0n) is 12.6. The molecular weight excluding hydrogens is 311 g/mol. The van der Waals surface area contributed by atoms with Crippen LogP contribution in [0.4, 0.5) is 13.2 Å². The van der Waals surface area contributed by atoms with Crippen molar-refractivity contribution >= 4 is 5.97 Å². The molecule has 1 heterocycles. The molecule has 2 aromatic rings. The molecule has 0 radical (unpaired) electrons. The molecule has 0 aliphatic rings. The van der Waals surface area contributed by atoms with Crippen LogP contribution in [-0.2, 0) is 17.4 Å². The minimum atomic E-state index is -4.45. The van der Waals surface area contributed by atoms with Crippen molar-refractivity contribution in [3.05, 3.63) is 41.5 Å². The summed E-state index contributed by atoms with van der Waals surface area (Å²) in [4.78, 5) is 14.6. The van der Waals surface area contributed by atoms with Gasteiger partial charge in [-0.15, -0.1) is 0 Å². The second-order valence-electron chi connectivity index (χ2n) is 5.52. The normalized spacial score (nSPS) is 11.9. The first-order valence-corrected chi connectivity index (χ1v) is 7.05. The van der Waals surface area contributed by atoms with Crippen molar-refractivity contribution in [2.45, 2.75) is 38.8 Å². The van der Waals surface area contributed by atoms with Gasteiger partial charge in [0.15, 0.2) is 5.89 Å². The van der Waals surface area contributed by atoms with E-state index < -0.39 is 17.7 Å². The first kappa shape index (κ1) is 17.1. The smallest absolute Gasteiger partial charge is 0.416 e. The molecule has 23 heavy (non-hydrogen) atoms. The molecule has 7 heteroatoms. The van der Waals surface area contributed by atoms with Crippen molar-refractivity contribution in [1.82, 2.24) is 4.98 Å². The van der Waals surface area contributed by atoms with Crippen LogP contribution in [0.15, 0.2) is 28.9 Å². The Morgan fingerprint density at radius 3 is 2.57 bits per heavy atom. The van der Waals surface area contributed by atoms with Crippen LogP contribution >= 0.6 is 0 Å². The van der Waals surface area contributed by atoms with E-state index in [-0.39, 0.29) is 30.3 Å². The Kier molecular flexibility index (Phi) is 4.77.